The molecule has 1 saturated carbocycles. The zero-order chi connectivity index (χ0) is 67.4. The second kappa shape index (κ2) is 34.7. The fourth-order valence-corrected chi connectivity index (χ4v) is 11.0. The van der Waals surface area contributed by atoms with Gasteiger partial charge in [0.05, 0.1) is 18.7 Å². The zero-order valence-corrected chi connectivity index (χ0v) is 51.3. The molecular formula is C65H78N6O24. The van der Waals surface area contributed by atoms with Crippen LogP contribution >= 0.6 is 0 Å². The van der Waals surface area contributed by atoms with Gasteiger partial charge in [0.25, 0.3) is 0 Å². The highest BCUT2D eigenvalue weighted by Gasteiger charge is 2.57. The van der Waals surface area contributed by atoms with Crippen LogP contribution in [0.15, 0.2) is 152 Å². The van der Waals surface area contributed by atoms with Crippen molar-refractivity contribution in [3.8, 4) is 0 Å². The van der Waals surface area contributed by atoms with E-state index in [1.807, 2.05) is 0 Å². The molecule has 4 aliphatic rings. The normalized spacial score (nSPS) is 29.5. The van der Waals surface area contributed by atoms with Gasteiger partial charge in [-0.1, -0.05) is 152 Å². The topological polar surface area (TPSA) is 418 Å². The predicted molar refractivity (Wildman–Crippen MR) is 326 cm³/mol. The van der Waals surface area contributed by atoms with Gasteiger partial charge in [0.1, 0.15) is 118 Å². The Labute approximate surface area is 544 Å². The molecule has 0 bridgehead atoms. The maximum Gasteiger partial charge on any atom is 0.407 e. The summed E-state index contributed by atoms with van der Waals surface area (Å²) in [5.74, 6) is -0.699. The molecule has 5 aromatic rings. The van der Waals surface area contributed by atoms with Gasteiger partial charge < -0.3 is 120 Å². The Bertz CT molecular complexity index is 3230. The van der Waals surface area contributed by atoms with Gasteiger partial charge in [-0.2, -0.15) is 0 Å². The fourth-order valence-electron chi connectivity index (χ4n) is 11.0. The standard InChI is InChI=1S/C65H78N6O24/c1-36(73)68-43-27-42(69-63(82)87-33-39-21-11-4-12-22-39)49(74)57(55(43)93-58-47(70-64(83)88-34-40-23-13-5-14-24-40)52(77)50(75)44(90-58)28-66-61(80)85-31-37-17-7-2-8-18-37)95-60-54(79)56(46(30-72)92-60)94-59-48(71-65(84)89-35-41-25-15-6-16-26-41)53(78)51(76)45(91-59)29-67-62(81)86-32-38-19-9-3-10-20-38/h2-26,42-60,72,74-79H,27-35H2,1H3,(H,66,80)(H,67,81)(H,68,73)(H,69,82)(H,70,83)(H,71,84)/t42-,43+,44-,45+,46-,47-,48-,49+,50-,51-,52-,53?,54-,55-,56-,57-,58-,59-,60+/m1/s1. The van der Waals surface area contributed by atoms with Crippen molar-refractivity contribution in [1.29, 1.82) is 0 Å². The summed E-state index contributed by atoms with van der Waals surface area (Å²) in [5.41, 5.74) is 3.07. The van der Waals surface area contributed by atoms with Crippen LogP contribution in [0.3, 0.4) is 0 Å². The first-order valence-electron chi connectivity index (χ1n) is 30.6. The van der Waals surface area contributed by atoms with Crippen molar-refractivity contribution in [2.75, 3.05) is 19.7 Å². The monoisotopic (exact) mass is 1330 g/mol. The Balaban J connectivity index is 0.994. The molecule has 1 unspecified atom stereocenters. The number of rotatable bonds is 25. The SMILES string of the molecule is CC(=O)N[C@H]1C[C@@H](NC(=O)OCc2ccccc2)[C@H](O)[C@@H](O[C@@H]2O[C@H](CO)[C@@H](O[C@H]3O[C@@H](CNC(=O)OCc4ccccc4)[C@@H](O)C(O)[C@H]3NC(=O)OCc3ccccc3)[C@H]2O)[C@@H]1O[C@H]1O[C@H](CNC(=O)OCc2ccccc2)[C@@H](O)[C@H](O)[C@H]1NC(=O)OCc1ccccc1. The van der Waals surface area contributed by atoms with E-state index in [1.165, 1.54) is 0 Å². The molecular weight excluding hydrogens is 1250 g/mol. The van der Waals surface area contributed by atoms with Crippen molar-refractivity contribution in [3.63, 3.8) is 0 Å². The number of hydrogen-bond donors (Lipinski definition) is 13. The molecule has 9 rings (SSSR count). The Morgan fingerprint density at radius 1 is 0.379 bits per heavy atom. The average Bonchev–Trinajstić information content (AvgIpc) is 1.78. The lowest BCUT2D eigenvalue weighted by Crippen LogP contribution is -2.70. The van der Waals surface area contributed by atoms with Crippen LogP contribution in [0.25, 0.3) is 0 Å². The van der Waals surface area contributed by atoms with Gasteiger partial charge in [0.15, 0.2) is 18.9 Å². The number of carbonyl (C=O) groups is 6. The minimum absolute atomic E-state index is 0.131. The van der Waals surface area contributed by atoms with E-state index in [0.29, 0.717) is 27.8 Å². The van der Waals surface area contributed by atoms with E-state index in [2.05, 4.69) is 31.9 Å². The third kappa shape index (κ3) is 20.0. The van der Waals surface area contributed by atoms with Crippen LogP contribution in [-0.4, -0.2) is 208 Å². The number of aliphatic hydroxyl groups is 7. The molecule has 3 heterocycles. The first-order valence-corrected chi connectivity index (χ1v) is 30.6. The zero-order valence-electron chi connectivity index (χ0n) is 51.3. The van der Waals surface area contributed by atoms with Crippen LogP contribution in [0.1, 0.15) is 41.2 Å². The van der Waals surface area contributed by atoms with Crippen molar-refractivity contribution in [2.45, 2.75) is 163 Å². The lowest BCUT2D eigenvalue weighted by Gasteiger charge is -2.49. The average molecular weight is 1330 g/mol. The molecule has 4 fully saturated rings. The molecule has 30 nitrogen and oxygen atoms in total. The minimum Gasteiger partial charge on any atom is -0.445 e. The van der Waals surface area contributed by atoms with Crippen LogP contribution in [0.5, 0.6) is 0 Å². The number of nitrogens with one attached hydrogen (secondary N) is 6. The molecule has 3 saturated heterocycles. The molecule has 1 aliphatic carbocycles. The summed E-state index contributed by atoms with van der Waals surface area (Å²) in [6.07, 6.45) is -33.3. The molecule has 30 heteroatoms. The second-order valence-corrected chi connectivity index (χ2v) is 22.8. The summed E-state index contributed by atoms with van der Waals surface area (Å²) in [7, 11) is 0. The third-order valence-electron chi connectivity index (χ3n) is 15.9. The largest absolute Gasteiger partial charge is 0.445 e. The molecule has 6 amide bonds. The van der Waals surface area contributed by atoms with E-state index < -0.39 is 172 Å². The molecule has 3 aliphatic heterocycles. The highest BCUT2D eigenvalue weighted by Crippen LogP contribution is 2.36. The number of aliphatic hydroxyl groups excluding tert-OH is 7. The van der Waals surface area contributed by atoms with Crippen molar-refractivity contribution < 1.29 is 117 Å². The minimum atomic E-state index is -2.07. The van der Waals surface area contributed by atoms with Gasteiger partial charge >= 0.3 is 30.5 Å². The fraction of sp³-hybridized carbons (Fsp3) is 0.446. The first kappa shape index (κ1) is 70.7. The van der Waals surface area contributed by atoms with E-state index in [4.69, 9.17) is 52.1 Å². The lowest BCUT2D eigenvalue weighted by molar-refractivity contribution is -0.311. The summed E-state index contributed by atoms with van der Waals surface area (Å²) >= 11 is 0. The third-order valence-corrected chi connectivity index (χ3v) is 15.9. The molecule has 512 valence electrons. The molecule has 0 spiro atoms. The van der Waals surface area contributed by atoms with E-state index >= 15 is 0 Å². The number of hydrogen-bond acceptors (Lipinski definition) is 24. The molecule has 95 heavy (non-hydrogen) atoms. The number of ether oxygens (including phenoxy) is 11. The van der Waals surface area contributed by atoms with Gasteiger partial charge in [-0.25, -0.2) is 24.0 Å². The van der Waals surface area contributed by atoms with Gasteiger partial charge in [-0.15, -0.1) is 0 Å². The van der Waals surface area contributed by atoms with Gasteiger partial charge in [-0.3, -0.25) is 4.79 Å². The van der Waals surface area contributed by atoms with Gasteiger partial charge in [0, 0.05) is 20.0 Å². The van der Waals surface area contributed by atoms with Crippen LogP contribution in [0, 0.1) is 0 Å². The van der Waals surface area contributed by atoms with Gasteiger partial charge in [-0.05, 0) is 34.2 Å². The lowest BCUT2D eigenvalue weighted by atomic mass is 9.83. The first-order chi connectivity index (χ1) is 45.9. The summed E-state index contributed by atoms with van der Waals surface area (Å²) in [5, 5.41) is 97.7. The molecule has 13 N–H and O–H groups in total. The van der Waals surface area contributed by atoms with Crippen LogP contribution in [0.2, 0.25) is 0 Å². The molecule has 5 aromatic carbocycles. The van der Waals surface area contributed by atoms with Gasteiger partial charge in [0.2, 0.25) is 5.91 Å². The highest BCUT2D eigenvalue weighted by molar-refractivity contribution is 5.73. The summed E-state index contributed by atoms with van der Waals surface area (Å²) < 4.78 is 65.0. The maximum atomic E-state index is 13.7. The van der Waals surface area contributed by atoms with Crippen molar-refractivity contribution >= 4 is 36.4 Å². The van der Waals surface area contributed by atoms with Crippen molar-refractivity contribution in [3.05, 3.63) is 179 Å². The van der Waals surface area contributed by atoms with Crippen LogP contribution in [-0.2, 0) is 89.9 Å². The molecule has 19 atom stereocenters. The Hall–Kier alpha value is -8.60. The predicted octanol–water partition coefficient (Wildman–Crippen LogP) is 1.12. The summed E-state index contributed by atoms with van der Waals surface area (Å²) in [6.45, 7) is -1.88. The van der Waals surface area contributed by atoms with Crippen molar-refractivity contribution in [1.82, 2.24) is 31.9 Å². The number of benzene rings is 5. The maximum absolute atomic E-state index is 13.7. The van der Waals surface area contributed by atoms with Crippen LogP contribution in [0.4, 0.5) is 24.0 Å². The molecule has 0 radical (unpaired) electrons. The Morgan fingerprint density at radius 2 is 0.716 bits per heavy atom. The van der Waals surface area contributed by atoms with Crippen molar-refractivity contribution in [2.24, 2.45) is 0 Å². The molecule has 0 aromatic heterocycles. The Kier molecular flexibility index (Phi) is 25.8. The number of alkyl carbamates (subject to hydrolysis) is 5. The van der Waals surface area contributed by atoms with E-state index in [-0.39, 0.29) is 39.5 Å². The second-order valence-electron chi connectivity index (χ2n) is 22.8. The smallest absolute Gasteiger partial charge is 0.407 e. The summed E-state index contributed by atoms with van der Waals surface area (Å²) in [6, 6.07) is 36.8. The van der Waals surface area contributed by atoms with Crippen LogP contribution < -0.4 is 31.9 Å². The highest BCUT2D eigenvalue weighted by atomic mass is 16.8. The quantitative estimate of drug-likeness (QED) is 0.0364. The van der Waals surface area contributed by atoms with E-state index in [0.717, 1.165) is 6.92 Å². The van der Waals surface area contributed by atoms with E-state index in [1.54, 1.807) is 152 Å². The summed E-state index contributed by atoms with van der Waals surface area (Å²) in [4.78, 5) is 80.0. The van der Waals surface area contributed by atoms with E-state index in [9.17, 15) is 64.5 Å². The Morgan fingerprint density at radius 3 is 1.08 bits per heavy atom. The number of carbonyl (C=O) groups excluding carboxylic acids is 6. The number of amides is 6.